The summed E-state index contributed by atoms with van der Waals surface area (Å²) in [5, 5.41) is 9.26. The highest BCUT2D eigenvalue weighted by Crippen LogP contribution is 2.23. The second kappa shape index (κ2) is 5.66. The molecule has 0 spiro atoms. The molecule has 0 heterocycles. The Morgan fingerprint density at radius 1 is 1.15 bits per heavy atom. The summed E-state index contributed by atoms with van der Waals surface area (Å²) in [5.41, 5.74) is 2.96. The second-order valence-electron chi connectivity index (χ2n) is 4.80. The highest BCUT2D eigenvalue weighted by atomic mass is 19.1. The third-order valence-electron chi connectivity index (χ3n) is 3.24. The maximum atomic E-state index is 12.9. The van der Waals surface area contributed by atoms with Crippen molar-refractivity contribution in [1.29, 1.82) is 5.26 Å². The fraction of sp³-hybridized carbons (Fsp3) is 0.176. The highest BCUT2D eigenvalue weighted by molar-refractivity contribution is 6.03. The van der Waals surface area contributed by atoms with Crippen molar-refractivity contribution >= 4 is 5.78 Å². The zero-order chi connectivity index (χ0) is 14.7. The van der Waals surface area contributed by atoms with Gasteiger partial charge in [0.25, 0.3) is 0 Å². The van der Waals surface area contributed by atoms with Gasteiger partial charge in [0.1, 0.15) is 11.7 Å². The van der Waals surface area contributed by atoms with E-state index in [-0.39, 0.29) is 11.6 Å². The highest BCUT2D eigenvalue weighted by Gasteiger charge is 2.23. The molecule has 2 aromatic rings. The molecule has 20 heavy (non-hydrogen) atoms. The molecule has 2 nitrogen and oxygen atoms in total. The van der Waals surface area contributed by atoms with Crippen LogP contribution in [0, 0.1) is 31.0 Å². The molecule has 3 heteroatoms. The number of Topliss-reactive ketones (excluding diaryl/α,β-unsaturated/α-hetero) is 1. The molecule has 1 unspecified atom stereocenters. The van der Waals surface area contributed by atoms with Gasteiger partial charge in [-0.05, 0) is 37.1 Å². The molecule has 0 saturated heterocycles. The van der Waals surface area contributed by atoms with Gasteiger partial charge in [-0.15, -0.1) is 0 Å². The molecule has 0 aromatic heterocycles. The summed E-state index contributed by atoms with van der Waals surface area (Å²) in [4.78, 5) is 12.5. The Morgan fingerprint density at radius 2 is 1.80 bits per heavy atom. The van der Waals surface area contributed by atoms with Gasteiger partial charge in [-0.3, -0.25) is 4.79 Å². The normalized spacial score (nSPS) is 11.7. The van der Waals surface area contributed by atoms with Crippen LogP contribution in [0.4, 0.5) is 4.39 Å². The first-order valence-electron chi connectivity index (χ1n) is 6.29. The van der Waals surface area contributed by atoms with E-state index < -0.39 is 5.92 Å². The molecule has 0 bridgehead atoms. The zero-order valence-electron chi connectivity index (χ0n) is 11.4. The van der Waals surface area contributed by atoms with Gasteiger partial charge in [0, 0.05) is 5.56 Å². The Hall–Kier alpha value is -2.47. The van der Waals surface area contributed by atoms with Crippen LogP contribution in [0.1, 0.15) is 33.0 Å². The number of carbonyl (C=O) groups excluding carboxylic acids is 1. The molecule has 0 aliphatic heterocycles. The first kappa shape index (κ1) is 14.0. The van der Waals surface area contributed by atoms with E-state index in [1.807, 2.05) is 32.0 Å². The SMILES string of the molecule is Cc1ccc(C(=O)C(C#N)c2ccc(F)cc2)c(C)c1. The van der Waals surface area contributed by atoms with Crippen LogP contribution in [-0.2, 0) is 0 Å². The van der Waals surface area contributed by atoms with Crippen molar-refractivity contribution in [3.05, 3.63) is 70.5 Å². The van der Waals surface area contributed by atoms with Crippen molar-refractivity contribution in [2.75, 3.05) is 0 Å². The van der Waals surface area contributed by atoms with Crippen molar-refractivity contribution in [3.8, 4) is 6.07 Å². The van der Waals surface area contributed by atoms with Crippen LogP contribution in [0.25, 0.3) is 0 Å². The predicted molar refractivity (Wildman–Crippen MR) is 75.0 cm³/mol. The first-order valence-corrected chi connectivity index (χ1v) is 6.29. The minimum absolute atomic E-state index is 0.253. The molecular formula is C17H14FNO. The van der Waals surface area contributed by atoms with Crippen LogP contribution in [0.3, 0.4) is 0 Å². The van der Waals surface area contributed by atoms with E-state index in [1.54, 1.807) is 6.07 Å². The molecule has 1 atom stereocenters. The number of aryl methyl sites for hydroxylation is 2. The summed E-state index contributed by atoms with van der Waals surface area (Å²) in [6.45, 7) is 3.79. The van der Waals surface area contributed by atoms with Crippen LogP contribution in [0.5, 0.6) is 0 Å². The van der Waals surface area contributed by atoms with Gasteiger partial charge < -0.3 is 0 Å². The van der Waals surface area contributed by atoms with Crippen molar-refractivity contribution in [2.45, 2.75) is 19.8 Å². The lowest BCUT2D eigenvalue weighted by Gasteiger charge is -2.11. The number of hydrogen-bond acceptors (Lipinski definition) is 2. The molecule has 0 N–H and O–H groups in total. The molecule has 0 saturated carbocycles. The summed E-state index contributed by atoms with van der Waals surface area (Å²) in [5.74, 6) is -1.54. The third-order valence-corrected chi connectivity index (χ3v) is 3.24. The molecule has 0 amide bonds. The van der Waals surface area contributed by atoms with Gasteiger partial charge >= 0.3 is 0 Å². The maximum absolute atomic E-state index is 12.9. The van der Waals surface area contributed by atoms with Gasteiger partial charge in [-0.25, -0.2) is 4.39 Å². The lowest BCUT2D eigenvalue weighted by Crippen LogP contribution is -2.12. The van der Waals surface area contributed by atoms with Gasteiger partial charge in [0.05, 0.1) is 6.07 Å². The summed E-state index contributed by atoms with van der Waals surface area (Å²) < 4.78 is 12.9. The molecule has 2 rings (SSSR count). The van der Waals surface area contributed by atoms with Crippen molar-refractivity contribution < 1.29 is 9.18 Å². The van der Waals surface area contributed by atoms with E-state index in [2.05, 4.69) is 0 Å². The molecule has 0 aliphatic rings. The lowest BCUT2D eigenvalue weighted by molar-refractivity contribution is 0.0978. The standard InChI is InChI=1S/C17H14FNO/c1-11-3-8-15(12(2)9-11)17(20)16(10-19)13-4-6-14(18)7-5-13/h3-9,16H,1-2H3. The Kier molecular flexibility index (Phi) is 3.95. The molecule has 2 aromatic carbocycles. The number of nitriles is 1. The number of benzene rings is 2. The van der Waals surface area contributed by atoms with E-state index in [0.29, 0.717) is 11.1 Å². The minimum atomic E-state index is -0.906. The van der Waals surface area contributed by atoms with E-state index in [9.17, 15) is 14.4 Å². The summed E-state index contributed by atoms with van der Waals surface area (Å²) in [6, 6.07) is 13.0. The number of nitrogens with zero attached hydrogens (tertiary/aromatic N) is 1. The maximum Gasteiger partial charge on any atom is 0.184 e. The monoisotopic (exact) mass is 267 g/mol. The fourth-order valence-electron chi connectivity index (χ4n) is 2.19. The average molecular weight is 267 g/mol. The molecule has 100 valence electrons. The van der Waals surface area contributed by atoms with Crippen molar-refractivity contribution in [2.24, 2.45) is 0 Å². The first-order chi connectivity index (χ1) is 9.52. The van der Waals surface area contributed by atoms with E-state index in [4.69, 9.17) is 0 Å². The Labute approximate surface area is 117 Å². The van der Waals surface area contributed by atoms with Crippen LogP contribution in [0.2, 0.25) is 0 Å². The van der Waals surface area contributed by atoms with Crippen molar-refractivity contribution in [3.63, 3.8) is 0 Å². The second-order valence-corrected chi connectivity index (χ2v) is 4.80. The fourth-order valence-corrected chi connectivity index (χ4v) is 2.19. The number of halogens is 1. The van der Waals surface area contributed by atoms with E-state index in [1.165, 1.54) is 24.3 Å². The smallest absolute Gasteiger partial charge is 0.184 e. The molecule has 0 fully saturated rings. The number of ketones is 1. The van der Waals surface area contributed by atoms with Crippen LogP contribution >= 0.6 is 0 Å². The molecule has 0 radical (unpaired) electrons. The zero-order valence-corrected chi connectivity index (χ0v) is 11.4. The summed E-state index contributed by atoms with van der Waals surface area (Å²) >= 11 is 0. The Morgan fingerprint density at radius 3 is 2.35 bits per heavy atom. The van der Waals surface area contributed by atoms with Gasteiger partial charge in [0.15, 0.2) is 5.78 Å². The van der Waals surface area contributed by atoms with Gasteiger partial charge in [-0.1, -0.05) is 35.9 Å². The predicted octanol–water partition coefficient (Wildman–Crippen LogP) is 3.93. The number of carbonyl (C=O) groups is 1. The Balaban J connectivity index is 2.39. The quantitative estimate of drug-likeness (QED) is 0.790. The summed E-state index contributed by atoms with van der Waals surface area (Å²) in [7, 11) is 0. The van der Waals surface area contributed by atoms with E-state index in [0.717, 1.165) is 11.1 Å². The average Bonchev–Trinajstić information content (AvgIpc) is 2.41. The number of rotatable bonds is 3. The van der Waals surface area contributed by atoms with Crippen molar-refractivity contribution in [1.82, 2.24) is 0 Å². The minimum Gasteiger partial charge on any atom is -0.292 e. The van der Waals surface area contributed by atoms with Gasteiger partial charge in [0.2, 0.25) is 0 Å². The van der Waals surface area contributed by atoms with Crippen LogP contribution < -0.4 is 0 Å². The molecule has 0 aliphatic carbocycles. The lowest BCUT2D eigenvalue weighted by atomic mass is 9.89. The van der Waals surface area contributed by atoms with Crippen LogP contribution in [-0.4, -0.2) is 5.78 Å². The Bertz CT molecular complexity index is 683. The van der Waals surface area contributed by atoms with E-state index >= 15 is 0 Å². The molecular weight excluding hydrogens is 253 g/mol. The van der Waals surface area contributed by atoms with Gasteiger partial charge in [-0.2, -0.15) is 5.26 Å². The summed E-state index contributed by atoms with van der Waals surface area (Å²) in [6.07, 6.45) is 0. The topological polar surface area (TPSA) is 40.9 Å². The number of hydrogen-bond donors (Lipinski definition) is 0. The van der Waals surface area contributed by atoms with Crippen LogP contribution in [0.15, 0.2) is 42.5 Å². The largest absolute Gasteiger partial charge is 0.292 e. The third kappa shape index (κ3) is 2.75.